The molecule has 1 saturated heterocycles. The lowest BCUT2D eigenvalue weighted by molar-refractivity contribution is 0.0532. The van der Waals surface area contributed by atoms with Crippen LogP contribution in [0.5, 0.6) is 0 Å². The summed E-state index contributed by atoms with van der Waals surface area (Å²) in [6, 6.07) is 0.481. The Balaban J connectivity index is 1.78. The number of nitrogens with zero attached hydrogens (tertiary/aromatic N) is 3. The first-order valence-electron chi connectivity index (χ1n) is 9.79. The molecule has 1 aromatic rings. The van der Waals surface area contributed by atoms with Crippen molar-refractivity contribution < 1.29 is 4.74 Å². The zero-order chi connectivity index (χ0) is 18.9. The van der Waals surface area contributed by atoms with Crippen molar-refractivity contribution in [1.29, 1.82) is 0 Å². The van der Waals surface area contributed by atoms with Gasteiger partial charge in [0.1, 0.15) is 5.01 Å². The van der Waals surface area contributed by atoms with Crippen LogP contribution in [0.2, 0.25) is 0 Å². The van der Waals surface area contributed by atoms with Crippen LogP contribution < -0.4 is 10.6 Å². The topological polar surface area (TPSA) is 61.8 Å². The summed E-state index contributed by atoms with van der Waals surface area (Å²) in [6.07, 6.45) is 2.60. The van der Waals surface area contributed by atoms with Gasteiger partial charge >= 0.3 is 0 Å². The van der Waals surface area contributed by atoms with Crippen LogP contribution in [-0.4, -0.2) is 60.8 Å². The van der Waals surface area contributed by atoms with Crippen molar-refractivity contribution in [2.75, 3.05) is 32.8 Å². The lowest BCUT2D eigenvalue weighted by Crippen LogP contribution is -2.49. The average molecular weight is 382 g/mol. The summed E-state index contributed by atoms with van der Waals surface area (Å²) in [6.45, 7) is 16.0. The number of likely N-dealkylation sites (tertiary alicyclic amines) is 1. The minimum atomic E-state index is 0.318. The van der Waals surface area contributed by atoms with E-state index in [0.717, 1.165) is 62.3 Å². The van der Waals surface area contributed by atoms with Crippen molar-refractivity contribution in [2.45, 2.75) is 66.2 Å². The normalized spacial score (nSPS) is 17.1. The molecule has 0 unspecified atom stereocenters. The molecule has 148 valence electrons. The van der Waals surface area contributed by atoms with Crippen LogP contribution in [0.15, 0.2) is 4.99 Å². The molecule has 0 aromatic carbocycles. The van der Waals surface area contributed by atoms with Gasteiger partial charge in [0.05, 0.1) is 24.9 Å². The predicted octanol–water partition coefficient (Wildman–Crippen LogP) is 2.70. The second kappa shape index (κ2) is 10.8. The van der Waals surface area contributed by atoms with Gasteiger partial charge in [-0.15, -0.1) is 11.3 Å². The van der Waals surface area contributed by atoms with Gasteiger partial charge in [0, 0.05) is 37.1 Å². The van der Waals surface area contributed by atoms with E-state index in [9.17, 15) is 0 Å². The number of aliphatic imine (C=N–C) groups is 1. The number of ether oxygens (including phenoxy) is 1. The van der Waals surface area contributed by atoms with E-state index >= 15 is 0 Å². The molecule has 0 spiro atoms. The molecule has 1 fully saturated rings. The van der Waals surface area contributed by atoms with Crippen LogP contribution in [-0.2, 0) is 11.3 Å². The van der Waals surface area contributed by atoms with Crippen LogP contribution in [0.4, 0.5) is 0 Å². The SMILES string of the molecule is CCNC(=NCc1nc(C)c(C)s1)NC1CCN(CCOC(C)C)CC1. The van der Waals surface area contributed by atoms with E-state index < -0.39 is 0 Å². The van der Waals surface area contributed by atoms with Gasteiger partial charge in [-0.1, -0.05) is 0 Å². The van der Waals surface area contributed by atoms with Gasteiger partial charge in [0.25, 0.3) is 0 Å². The molecule has 1 aromatic heterocycles. The molecule has 0 bridgehead atoms. The number of piperidine rings is 1. The number of guanidine groups is 1. The Labute approximate surface area is 162 Å². The average Bonchev–Trinajstić information content (AvgIpc) is 2.92. The standard InChI is InChI=1S/C19H35N5OS/c1-6-20-19(21-13-18-22-15(4)16(5)26-18)23-17-7-9-24(10-8-17)11-12-25-14(2)3/h14,17H,6-13H2,1-5H3,(H2,20,21,23). The molecular weight excluding hydrogens is 346 g/mol. The smallest absolute Gasteiger partial charge is 0.191 e. The zero-order valence-corrected chi connectivity index (χ0v) is 17.8. The van der Waals surface area contributed by atoms with Gasteiger partial charge in [-0.3, -0.25) is 0 Å². The lowest BCUT2D eigenvalue weighted by Gasteiger charge is -2.33. The van der Waals surface area contributed by atoms with Gasteiger partial charge in [0.15, 0.2) is 5.96 Å². The third kappa shape index (κ3) is 7.21. The quantitative estimate of drug-likeness (QED) is 0.535. The maximum absolute atomic E-state index is 5.66. The Morgan fingerprint density at radius 3 is 2.65 bits per heavy atom. The first-order chi connectivity index (χ1) is 12.5. The highest BCUT2D eigenvalue weighted by molar-refractivity contribution is 7.11. The molecule has 26 heavy (non-hydrogen) atoms. The van der Waals surface area contributed by atoms with E-state index in [1.165, 1.54) is 4.88 Å². The number of aromatic nitrogens is 1. The van der Waals surface area contributed by atoms with Crippen molar-refractivity contribution in [1.82, 2.24) is 20.5 Å². The number of nitrogens with one attached hydrogen (secondary N) is 2. The molecule has 0 saturated carbocycles. The highest BCUT2D eigenvalue weighted by atomic mass is 32.1. The van der Waals surface area contributed by atoms with E-state index in [1.807, 2.05) is 0 Å². The van der Waals surface area contributed by atoms with Gasteiger partial charge in [-0.25, -0.2) is 9.98 Å². The molecule has 0 atom stereocenters. The zero-order valence-electron chi connectivity index (χ0n) is 17.0. The third-order valence-electron chi connectivity index (χ3n) is 4.58. The van der Waals surface area contributed by atoms with Crippen LogP contribution >= 0.6 is 11.3 Å². The summed E-state index contributed by atoms with van der Waals surface area (Å²) in [5.41, 5.74) is 1.12. The Bertz CT molecular complexity index is 545. The maximum atomic E-state index is 5.66. The Morgan fingerprint density at radius 1 is 1.35 bits per heavy atom. The molecule has 0 radical (unpaired) electrons. The Morgan fingerprint density at radius 2 is 2.08 bits per heavy atom. The Kier molecular flexibility index (Phi) is 8.81. The predicted molar refractivity (Wildman–Crippen MR) is 110 cm³/mol. The van der Waals surface area contributed by atoms with E-state index in [4.69, 9.17) is 9.73 Å². The highest BCUT2D eigenvalue weighted by Gasteiger charge is 2.19. The summed E-state index contributed by atoms with van der Waals surface area (Å²) >= 11 is 1.74. The largest absolute Gasteiger partial charge is 0.377 e. The first kappa shape index (κ1) is 21.1. The van der Waals surface area contributed by atoms with E-state index in [0.29, 0.717) is 18.7 Å². The number of hydrogen-bond donors (Lipinski definition) is 2. The summed E-state index contributed by atoms with van der Waals surface area (Å²) in [5, 5.41) is 8.04. The number of rotatable bonds is 8. The molecule has 0 amide bonds. The fourth-order valence-corrected chi connectivity index (χ4v) is 3.84. The van der Waals surface area contributed by atoms with Crippen molar-refractivity contribution >= 4 is 17.3 Å². The molecule has 2 N–H and O–H groups in total. The molecule has 7 heteroatoms. The van der Waals surface area contributed by atoms with E-state index in [-0.39, 0.29) is 0 Å². The van der Waals surface area contributed by atoms with Gasteiger partial charge < -0.3 is 20.3 Å². The van der Waals surface area contributed by atoms with Gasteiger partial charge in [-0.2, -0.15) is 0 Å². The van der Waals surface area contributed by atoms with Gasteiger partial charge in [0.2, 0.25) is 0 Å². The van der Waals surface area contributed by atoms with Crippen molar-refractivity contribution in [3.63, 3.8) is 0 Å². The molecule has 2 rings (SSSR count). The second-order valence-corrected chi connectivity index (χ2v) is 8.41. The fourth-order valence-electron chi connectivity index (χ4n) is 2.99. The molecule has 6 nitrogen and oxygen atoms in total. The minimum Gasteiger partial charge on any atom is -0.377 e. The number of thiazole rings is 1. The van der Waals surface area contributed by atoms with Crippen molar-refractivity contribution in [3.8, 4) is 0 Å². The summed E-state index contributed by atoms with van der Waals surface area (Å²) in [5.74, 6) is 0.902. The summed E-state index contributed by atoms with van der Waals surface area (Å²) in [4.78, 5) is 13.1. The van der Waals surface area contributed by atoms with Crippen molar-refractivity contribution in [3.05, 3.63) is 15.6 Å². The third-order valence-corrected chi connectivity index (χ3v) is 5.63. The van der Waals surface area contributed by atoms with Gasteiger partial charge in [-0.05, 0) is 47.5 Å². The maximum Gasteiger partial charge on any atom is 0.191 e. The van der Waals surface area contributed by atoms with Crippen LogP contribution in [0.1, 0.15) is 49.2 Å². The molecule has 1 aliphatic rings. The number of aryl methyl sites for hydroxylation is 2. The fraction of sp³-hybridized carbons (Fsp3) is 0.789. The van der Waals surface area contributed by atoms with Crippen molar-refractivity contribution in [2.24, 2.45) is 4.99 Å². The highest BCUT2D eigenvalue weighted by Crippen LogP contribution is 2.17. The summed E-state index contributed by atoms with van der Waals surface area (Å²) < 4.78 is 5.66. The summed E-state index contributed by atoms with van der Waals surface area (Å²) in [7, 11) is 0. The lowest BCUT2D eigenvalue weighted by atomic mass is 10.1. The van der Waals surface area contributed by atoms with E-state index in [2.05, 4.69) is 55.1 Å². The minimum absolute atomic E-state index is 0.318. The first-order valence-corrected chi connectivity index (χ1v) is 10.6. The van der Waals surface area contributed by atoms with Crippen LogP contribution in [0.25, 0.3) is 0 Å². The molecular formula is C19H35N5OS. The van der Waals surface area contributed by atoms with E-state index in [1.54, 1.807) is 11.3 Å². The molecule has 2 heterocycles. The number of hydrogen-bond acceptors (Lipinski definition) is 5. The second-order valence-electron chi connectivity index (χ2n) is 7.12. The molecule has 1 aliphatic heterocycles. The molecule has 0 aliphatic carbocycles. The monoisotopic (exact) mass is 381 g/mol. The van der Waals surface area contributed by atoms with Crippen LogP contribution in [0, 0.1) is 13.8 Å². The Hall–Kier alpha value is -1.18. The van der Waals surface area contributed by atoms with Crippen LogP contribution in [0.3, 0.4) is 0 Å².